The van der Waals surface area contributed by atoms with Gasteiger partial charge in [-0.1, -0.05) is 6.07 Å². The van der Waals surface area contributed by atoms with Crippen molar-refractivity contribution in [3.63, 3.8) is 0 Å². The molecule has 0 aromatic heterocycles. The Hall–Kier alpha value is -1.55. The number of hydroxylamine groups is 2. The van der Waals surface area contributed by atoms with E-state index in [0.29, 0.717) is 24.4 Å². The summed E-state index contributed by atoms with van der Waals surface area (Å²) in [5.41, 5.74) is 6.75. The Kier molecular flexibility index (Phi) is 2.37. The van der Waals surface area contributed by atoms with Gasteiger partial charge in [0.15, 0.2) is 0 Å². The van der Waals surface area contributed by atoms with Crippen molar-refractivity contribution in [1.29, 1.82) is 0 Å². The zero-order valence-corrected chi connectivity index (χ0v) is 7.77. The molecule has 1 aromatic rings. The van der Waals surface area contributed by atoms with Crippen LogP contribution in [0.3, 0.4) is 0 Å². The zero-order chi connectivity index (χ0) is 9.97. The molecule has 0 aliphatic carbocycles. The molecular weight excluding hydrogens is 180 g/mol. The van der Waals surface area contributed by atoms with E-state index in [2.05, 4.69) is 0 Å². The minimum atomic E-state index is -0.116. The second kappa shape index (κ2) is 3.67. The first-order chi connectivity index (χ1) is 6.77. The molecule has 0 unspecified atom stereocenters. The van der Waals surface area contributed by atoms with Crippen molar-refractivity contribution < 1.29 is 9.63 Å². The van der Waals surface area contributed by atoms with Crippen LogP contribution in [-0.2, 0) is 4.84 Å². The third-order valence-electron chi connectivity index (χ3n) is 2.11. The summed E-state index contributed by atoms with van der Waals surface area (Å²) in [7, 11) is 0. The minimum absolute atomic E-state index is 0.116. The van der Waals surface area contributed by atoms with Gasteiger partial charge in [0.25, 0.3) is 5.91 Å². The SMILES string of the molecule is Nc1cccc(C(=O)N2CCCO2)c1. The Labute approximate surface area is 82.2 Å². The molecule has 0 bridgehead atoms. The summed E-state index contributed by atoms with van der Waals surface area (Å²) >= 11 is 0. The molecule has 74 valence electrons. The Morgan fingerprint density at radius 1 is 1.50 bits per heavy atom. The first kappa shape index (κ1) is 9.02. The molecule has 2 N–H and O–H groups in total. The Bertz CT molecular complexity index is 346. The number of nitrogens with zero attached hydrogens (tertiary/aromatic N) is 1. The van der Waals surface area contributed by atoms with Gasteiger partial charge in [0, 0.05) is 11.3 Å². The van der Waals surface area contributed by atoms with Crippen molar-refractivity contribution in [2.24, 2.45) is 0 Å². The van der Waals surface area contributed by atoms with Gasteiger partial charge >= 0.3 is 0 Å². The van der Waals surface area contributed by atoms with Crippen molar-refractivity contribution in [1.82, 2.24) is 5.06 Å². The lowest BCUT2D eigenvalue weighted by Crippen LogP contribution is -2.26. The lowest BCUT2D eigenvalue weighted by atomic mass is 10.2. The molecule has 1 heterocycles. The van der Waals surface area contributed by atoms with E-state index in [4.69, 9.17) is 10.6 Å². The first-order valence-electron chi connectivity index (χ1n) is 4.58. The van der Waals surface area contributed by atoms with Gasteiger partial charge < -0.3 is 5.73 Å². The van der Waals surface area contributed by atoms with E-state index >= 15 is 0 Å². The maximum atomic E-state index is 11.7. The quantitative estimate of drug-likeness (QED) is 0.676. The summed E-state index contributed by atoms with van der Waals surface area (Å²) in [6, 6.07) is 6.91. The van der Waals surface area contributed by atoms with E-state index in [1.54, 1.807) is 24.3 Å². The number of benzene rings is 1. The van der Waals surface area contributed by atoms with Crippen LogP contribution in [0.4, 0.5) is 5.69 Å². The van der Waals surface area contributed by atoms with Crippen LogP contribution in [-0.4, -0.2) is 24.1 Å². The van der Waals surface area contributed by atoms with Gasteiger partial charge in [0.05, 0.1) is 13.2 Å². The number of hydrogen-bond acceptors (Lipinski definition) is 3. The summed E-state index contributed by atoms with van der Waals surface area (Å²) in [6.07, 6.45) is 0.897. The average Bonchev–Trinajstić information content (AvgIpc) is 2.69. The molecule has 1 fully saturated rings. The van der Waals surface area contributed by atoms with Gasteiger partial charge in [-0.25, -0.2) is 5.06 Å². The van der Waals surface area contributed by atoms with Crippen molar-refractivity contribution >= 4 is 11.6 Å². The third-order valence-corrected chi connectivity index (χ3v) is 2.11. The summed E-state index contributed by atoms with van der Waals surface area (Å²) in [5, 5.41) is 1.38. The number of nitrogens with two attached hydrogens (primary N) is 1. The minimum Gasteiger partial charge on any atom is -0.399 e. The highest BCUT2D eigenvalue weighted by Crippen LogP contribution is 2.13. The van der Waals surface area contributed by atoms with Crippen LogP contribution < -0.4 is 5.73 Å². The van der Waals surface area contributed by atoms with Crippen LogP contribution in [0.5, 0.6) is 0 Å². The van der Waals surface area contributed by atoms with Crippen LogP contribution in [0.25, 0.3) is 0 Å². The van der Waals surface area contributed by atoms with E-state index in [9.17, 15) is 4.79 Å². The van der Waals surface area contributed by atoms with Gasteiger partial charge in [0.2, 0.25) is 0 Å². The van der Waals surface area contributed by atoms with Gasteiger partial charge in [-0.2, -0.15) is 0 Å². The summed E-state index contributed by atoms with van der Waals surface area (Å²) in [4.78, 5) is 16.9. The number of amides is 1. The standard InChI is InChI=1S/C10H12N2O2/c11-9-4-1-3-8(7-9)10(13)12-5-2-6-14-12/h1,3-4,7H,2,5-6,11H2. The monoisotopic (exact) mass is 192 g/mol. The predicted octanol–water partition coefficient (Wildman–Crippen LogP) is 1.05. The molecule has 14 heavy (non-hydrogen) atoms. The van der Waals surface area contributed by atoms with Gasteiger partial charge in [-0.05, 0) is 24.6 Å². The van der Waals surface area contributed by atoms with Crippen LogP contribution >= 0.6 is 0 Å². The number of anilines is 1. The second-order valence-electron chi connectivity index (χ2n) is 3.22. The average molecular weight is 192 g/mol. The van der Waals surface area contributed by atoms with E-state index in [0.717, 1.165) is 6.42 Å². The molecule has 0 saturated carbocycles. The molecule has 4 heteroatoms. The molecule has 1 aliphatic rings. The van der Waals surface area contributed by atoms with Crippen LogP contribution in [0, 0.1) is 0 Å². The molecule has 0 atom stereocenters. The Morgan fingerprint density at radius 2 is 2.36 bits per heavy atom. The maximum absolute atomic E-state index is 11.7. The van der Waals surface area contributed by atoms with Crippen molar-refractivity contribution in [3.8, 4) is 0 Å². The maximum Gasteiger partial charge on any atom is 0.277 e. The molecule has 1 amide bonds. The fraction of sp³-hybridized carbons (Fsp3) is 0.300. The molecule has 1 aliphatic heterocycles. The number of hydrogen-bond donors (Lipinski definition) is 1. The lowest BCUT2D eigenvalue weighted by molar-refractivity contribution is -0.0768. The lowest BCUT2D eigenvalue weighted by Gasteiger charge is -2.13. The summed E-state index contributed by atoms with van der Waals surface area (Å²) in [5.74, 6) is -0.116. The molecule has 1 aromatic carbocycles. The van der Waals surface area contributed by atoms with Crippen LogP contribution in [0.1, 0.15) is 16.8 Å². The number of carbonyl (C=O) groups excluding carboxylic acids is 1. The van der Waals surface area contributed by atoms with E-state index < -0.39 is 0 Å². The van der Waals surface area contributed by atoms with E-state index in [-0.39, 0.29) is 5.91 Å². The Morgan fingerprint density at radius 3 is 3.00 bits per heavy atom. The van der Waals surface area contributed by atoms with Crippen molar-refractivity contribution in [3.05, 3.63) is 29.8 Å². The van der Waals surface area contributed by atoms with Gasteiger partial charge in [-0.3, -0.25) is 9.63 Å². The topological polar surface area (TPSA) is 55.6 Å². The highest BCUT2D eigenvalue weighted by Gasteiger charge is 2.20. The second-order valence-corrected chi connectivity index (χ2v) is 3.22. The first-order valence-corrected chi connectivity index (χ1v) is 4.58. The predicted molar refractivity (Wildman–Crippen MR) is 52.5 cm³/mol. The van der Waals surface area contributed by atoms with Crippen molar-refractivity contribution in [2.45, 2.75) is 6.42 Å². The highest BCUT2D eigenvalue weighted by molar-refractivity contribution is 5.94. The highest BCUT2D eigenvalue weighted by atomic mass is 16.7. The van der Waals surface area contributed by atoms with Gasteiger partial charge in [0.1, 0.15) is 0 Å². The zero-order valence-electron chi connectivity index (χ0n) is 7.77. The molecule has 2 rings (SSSR count). The Balaban J connectivity index is 2.17. The number of carbonyl (C=O) groups is 1. The summed E-state index contributed by atoms with van der Waals surface area (Å²) in [6.45, 7) is 1.28. The number of rotatable bonds is 1. The fourth-order valence-electron chi connectivity index (χ4n) is 1.42. The number of nitrogen functional groups attached to an aromatic ring is 1. The third kappa shape index (κ3) is 1.70. The molecule has 0 spiro atoms. The normalized spacial score (nSPS) is 15.9. The molecule has 4 nitrogen and oxygen atoms in total. The summed E-state index contributed by atoms with van der Waals surface area (Å²) < 4.78 is 0. The van der Waals surface area contributed by atoms with Crippen molar-refractivity contribution in [2.75, 3.05) is 18.9 Å². The smallest absolute Gasteiger partial charge is 0.277 e. The fourth-order valence-corrected chi connectivity index (χ4v) is 1.42. The largest absolute Gasteiger partial charge is 0.399 e. The molecular formula is C10H12N2O2. The van der Waals surface area contributed by atoms with Crippen LogP contribution in [0.15, 0.2) is 24.3 Å². The molecule has 1 saturated heterocycles. The van der Waals surface area contributed by atoms with Gasteiger partial charge in [-0.15, -0.1) is 0 Å². The van der Waals surface area contributed by atoms with E-state index in [1.807, 2.05) is 0 Å². The van der Waals surface area contributed by atoms with E-state index in [1.165, 1.54) is 5.06 Å². The van der Waals surface area contributed by atoms with Crippen LogP contribution in [0.2, 0.25) is 0 Å². The molecule has 0 radical (unpaired) electrons.